The van der Waals surface area contributed by atoms with Gasteiger partial charge in [-0.1, -0.05) is 6.08 Å². The summed E-state index contributed by atoms with van der Waals surface area (Å²) in [6.07, 6.45) is 8.46. The largest absolute Gasteiger partial charge is 0.370 e. The Morgan fingerprint density at radius 1 is 1.35 bits per heavy atom. The third kappa shape index (κ3) is 2.89. The van der Waals surface area contributed by atoms with Crippen molar-refractivity contribution in [1.29, 1.82) is 0 Å². The number of likely N-dealkylation sites (N-methyl/N-ethyl adjacent to an activating group) is 1. The van der Waals surface area contributed by atoms with Crippen molar-refractivity contribution in [3.8, 4) is 0 Å². The minimum absolute atomic E-state index is 0.00953. The molecule has 4 aliphatic rings. The number of piperidine rings is 2. The molecule has 4 aliphatic heterocycles. The standard InChI is InChI=1S/C21H34N4O/c1-4-25(5-2)20(26)16-12-15(13-24(3)14-16)19-17-8-7-11-22-21(17)10-6-9-18(19)23-21/h12,16-17,22-23H,4-11,13-14H2,1-3H3. The minimum atomic E-state index is -0.00953. The van der Waals surface area contributed by atoms with Gasteiger partial charge in [0.15, 0.2) is 0 Å². The van der Waals surface area contributed by atoms with Crippen molar-refractivity contribution in [2.75, 3.05) is 39.8 Å². The number of hydrogen-bond acceptors (Lipinski definition) is 4. The lowest BCUT2D eigenvalue weighted by Crippen LogP contribution is -2.61. The second-order valence-electron chi connectivity index (χ2n) is 8.47. The third-order valence-electron chi connectivity index (χ3n) is 6.84. The lowest BCUT2D eigenvalue weighted by atomic mass is 9.77. The van der Waals surface area contributed by atoms with Gasteiger partial charge in [-0.05, 0) is 70.7 Å². The van der Waals surface area contributed by atoms with Crippen LogP contribution in [-0.2, 0) is 4.79 Å². The molecule has 0 aromatic rings. The number of amides is 1. The summed E-state index contributed by atoms with van der Waals surface area (Å²) in [5.41, 5.74) is 4.49. The molecule has 0 aromatic heterocycles. The van der Waals surface area contributed by atoms with E-state index in [1.165, 1.54) is 37.0 Å². The first-order valence-corrected chi connectivity index (χ1v) is 10.5. The summed E-state index contributed by atoms with van der Waals surface area (Å²) in [7, 11) is 2.16. The van der Waals surface area contributed by atoms with Crippen LogP contribution in [0.15, 0.2) is 22.9 Å². The van der Waals surface area contributed by atoms with Crippen molar-refractivity contribution in [1.82, 2.24) is 20.4 Å². The van der Waals surface area contributed by atoms with E-state index in [9.17, 15) is 4.79 Å². The van der Waals surface area contributed by atoms with E-state index in [2.05, 4.69) is 42.5 Å². The molecule has 4 heterocycles. The SMILES string of the molecule is CCN(CC)C(=O)C1C=C(C2=C3CCCC4(NCCCC24)N3)CN(C)C1. The maximum absolute atomic E-state index is 13.0. The van der Waals surface area contributed by atoms with Crippen molar-refractivity contribution in [3.63, 3.8) is 0 Å². The van der Waals surface area contributed by atoms with Crippen molar-refractivity contribution in [2.45, 2.75) is 51.6 Å². The first-order chi connectivity index (χ1) is 12.6. The molecule has 1 spiro atoms. The Labute approximate surface area is 157 Å². The molecule has 3 atom stereocenters. The van der Waals surface area contributed by atoms with E-state index in [-0.39, 0.29) is 17.5 Å². The molecule has 2 bridgehead atoms. The van der Waals surface area contributed by atoms with Crippen LogP contribution in [-0.4, -0.2) is 61.1 Å². The van der Waals surface area contributed by atoms with Crippen LogP contribution in [0.2, 0.25) is 0 Å². The van der Waals surface area contributed by atoms with Gasteiger partial charge in [0.2, 0.25) is 5.91 Å². The van der Waals surface area contributed by atoms with Crippen LogP contribution in [0.25, 0.3) is 0 Å². The van der Waals surface area contributed by atoms with Crippen LogP contribution in [0, 0.1) is 11.8 Å². The van der Waals surface area contributed by atoms with E-state index in [1.54, 1.807) is 5.57 Å². The lowest BCUT2D eigenvalue weighted by molar-refractivity contribution is -0.134. The molecule has 4 rings (SSSR count). The van der Waals surface area contributed by atoms with Gasteiger partial charge < -0.3 is 15.1 Å². The molecular formula is C21H34N4O. The molecule has 3 unspecified atom stereocenters. The van der Waals surface area contributed by atoms with E-state index in [0.717, 1.165) is 39.1 Å². The number of allylic oxidation sites excluding steroid dienone is 1. The van der Waals surface area contributed by atoms with Gasteiger partial charge in [-0.2, -0.15) is 0 Å². The zero-order valence-corrected chi connectivity index (χ0v) is 16.6. The summed E-state index contributed by atoms with van der Waals surface area (Å²) in [6, 6.07) is 0. The van der Waals surface area contributed by atoms with Gasteiger partial charge in [0.1, 0.15) is 0 Å². The van der Waals surface area contributed by atoms with Gasteiger partial charge in [-0.25, -0.2) is 0 Å². The van der Waals surface area contributed by atoms with Gasteiger partial charge in [0.05, 0.1) is 11.6 Å². The molecule has 2 fully saturated rings. The molecule has 5 heteroatoms. The Morgan fingerprint density at radius 2 is 2.15 bits per heavy atom. The molecule has 0 aromatic carbocycles. The fourth-order valence-corrected chi connectivity index (χ4v) is 5.67. The summed E-state index contributed by atoms with van der Waals surface area (Å²) in [6.45, 7) is 8.66. The molecule has 0 radical (unpaired) electrons. The number of carbonyl (C=O) groups excluding carboxylic acids is 1. The molecular weight excluding hydrogens is 324 g/mol. The molecule has 5 nitrogen and oxygen atoms in total. The Kier molecular flexibility index (Phi) is 4.86. The monoisotopic (exact) mass is 358 g/mol. The van der Waals surface area contributed by atoms with Crippen molar-refractivity contribution in [3.05, 3.63) is 22.9 Å². The summed E-state index contributed by atoms with van der Waals surface area (Å²) >= 11 is 0. The molecule has 2 N–H and O–H groups in total. The maximum Gasteiger partial charge on any atom is 0.230 e. The summed E-state index contributed by atoms with van der Waals surface area (Å²) in [5, 5.41) is 7.68. The number of carbonyl (C=O) groups is 1. The van der Waals surface area contributed by atoms with Gasteiger partial charge in [0.25, 0.3) is 0 Å². The average molecular weight is 359 g/mol. The molecule has 2 saturated heterocycles. The minimum Gasteiger partial charge on any atom is -0.370 e. The summed E-state index contributed by atoms with van der Waals surface area (Å²) in [4.78, 5) is 17.3. The van der Waals surface area contributed by atoms with E-state index in [1.807, 2.05) is 4.90 Å². The molecule has 144 valence electrons. The number of nitrogens with one attached hydrogen (secondary N) is 2. The maximum atomic E-state index is 13.0. The van der Waals surface area contributed by atoms with Gasteiger partial charge >= 0.3 is 0 Å². The lowest BCUT2D eigenvalue weighted by Gasteiger charge is -2.44. The van der Waals surface area contributed by atoms with Crippen LogP contribution < -0.4 is 10.6 Å². The zero-order chi connectivity index (χ0) is 18.3. The first kappa shape index (κ1) is 18.1. The quantitative estimate of drug-likeness (QED) is 0.808. The van der Waals surface area contributed by atoms with E-state index in [4.69, 9.17) is 0 Å². The Balaban J connectivity index is 1.66. The number of nitrogens with zero attached hydrogens (tertiary/aromatic N) is 2. The van der Waals surface area contributed by atoms with Gasteiger partial charge in [-0.15, -0.1) is 0 Å². The summed E-state index contributed by atoms with van der Waals surface area (Å²) < 4.78 is 0. The summed E-state index contributed by atoms with van der Waals surface area (Å²) in [5.74, 6) is 0.843. The van der Waals surface area contributed by atoms with E-state index < -0.39 is 0 Å². The van der Waals surface area contributed by atoms with Crippen molar-refractivity contribution >= 4 is 5.91 Å². The highest BCUT2D eigenvalue weighted by molar-refractivity contribution is 5.81. The van der Waals surface area contributed by atoms with Gasteiger partial charge in [0, 0.05) is 37.8 Å². The highest BCUT2D eigenvalue weighted by Gasteiger charge is 2.51. The van der Waals surface area contributed by atoms with Crippen LogP contribution in [0.3, 0.4) is 0 Å². The average Bonchev–Trinajstić information content (AvgIpc) is 2.87. The third-order valence-corrected chi connectivity index (χ3v) is 6.84. The van der Waals surface area contributed by atoms with E-state index in [0.29, 0.717) is 5.92 Å². The van der Waals surface area contributed by atoms with Crippen molar-refractivity contribution < 1.29 is 4.79 Å². The second kappa shape index (κ2) is 7.01. The van der Waals surface area contributed by atoms with Crippen LogP contribution >= 0.6 is 0 Å². The first-order valence-electron chi connectivity index (χ1n) is 10.5. The topological polar surface area (TPSA) is 47.6 Å². The predicted octanol–water partition coefficient (Wildman–Crippen LogP) is 2.08. The van der Waals surface area contributed by atoms with Crippen LogP contribution in [0.1, 0.15) is 46.0 Å². The fraction of sp³-hybridized carbons (Fsp3) is 0.762. The highest BCUT2D eigenvalue weighted by Crippen LogP contribution is 2.48. The Hall–Kier alpha value is -1.33. The molecule has 0 saturated carbocycles. The second-order valence-corrected chi connectivity index (χ2v) is 8.47. The van der Waals surface area contributed by atoms with Gasteiger partial charge in [-0.3, -0.25) is 10.1 Å². The zero-order valence-electron chi connectivity index (χ0n) is 16.6. The molecule has 26 heavy (non-hydrogen) atoms. The number of fused-ring (bicyclic) bond motifs is 1. The fourth-order valence-electron chi connectivity index (χ4n) is 5.67. The number of rotatable bonds is 4. The Bertz CT molecular complexity index is 632. The molecule has 0 aliphatic carbocycles. The van der Waals surface area contributed by atoms with Crippen LogP contribution in [0.4, 0.5) is 0 Å². The van der Waals surface area contributed by atoms with Crippen LogP contribution in [0.5, 0.6) is 0 Å². The smallest absolute Gasteiger partial charge is 0.230 e. The molecule has 1 amide bonds. The number of hydrogen-bond donors (Lipinski definition) is 2. The highest BCUT2D eigenvalue weighted by atomic mass is 16.2. The Morgan fingerprint density at radius 3 is 2.92 bits per heavy atom. The van der Waals surface area contributed by atoms with E-state index >= 15 is 0 Å². The normalized spacial score (nSPS) is 34.2. The predicted molar refractivity (Wildman–Crippen MR) is 104 cm³/mol. The van der Waals surface area contributed by atoms with Crippen molar-refractivity contribution in [2.24, 2.45) is 11.8 Å².